The van der Waals surface area contributed by atoms with Crippen LogP contribution in [0.15, 0.2) is 65.5 Å². The summed E-state index contributed by atoms with van der Waals surface area (Å²) in [6.07, 6.45) is 4.59. The number of furan rings is 1. The first-order chi connectivity index (χ1) is 13.1. The van der Waals surface area contributed by atoms with Gasteiger partial charge in [-0.2, -0.15) is 5.10 Å². The molecule has 7 heteroatoms. The summed E-state index contributed by atoms with van der Waals surface area (Å²) < 4.78 is 6.82. The van der Waals surface area contributed by atoms with Crippen LogP contribution in [0.5, 0.6) is 0 Å². The number of aromatic nitrogens is 3. The predicted octanol–water partition coefficient (Wildman–Crippen LogP) is 3.20. The van der Waals surface area contributed by atoms with Crippen molar-refractivity contribution in [1.29, 1.82) is 0 Å². The van der Waals surface area contributed by atoms with E-state index in [4.69, 9.17) is 4.42 Å². The van der Waals surface area contributed by atoms with E-state index < -0.39 is 0 Å². The fraction of sp³-hybridized carbons (Fsp3) is 0.100. The largest absolute Gasteiger partial charge is 0.461 e. The van der Waals surface area contributed by atoms with Crippen LogP contribution in [0.3, 0.4) is 0 Å². The average Bonchev–Trinajstić information content (AvgIpc) is 3.36. The Hall–Kier alpha value is -3.74. The summed E-state index contributed by atoms with van der Waals surface area (Å²) >= 11 is 0. The third kappa shape index (κ3) is 2.89. The van der Waals surface area contributed by atoms with Crippen LogP contribution in [0.1, 0.15) is 23.0 Å². The van der Waals surface area contributed by atoms with Gasteiger partial charge in [0.05, 0.1) is 23.7 Å². The molecular formula is C20H16N4O3. The minimum atomic E-state index is -0.266. The molecule has 4 rings (SSSR count). The van der Waals surface area contributed by atoms with Crippen molar-refractivity contribution in [2.24, 2.45) is 0 Å². The van der Waals surface area contributed by atoms with Crippen molar-refractivity contribution in [2.75, 3.05) is 11.9 Å². The second-order valence-corrected chi connectivity index (χ2v) is 6.06. The fourth-order valence-electron chi connectivity index (χ4n) is 2.85. The van der Waals surface area contributed by atoms with Gasteiger partial charge in [0.2, 0.25) is 11.7 Å². The number of hydrogen-bond donors (Lipinski definition) is 0. The molecule has 0 saturated heterocycles. The van der Waals surface area contributed by atoms with E-state index in [0.29, 0.717) is 11.2 Å². The second-order valence-electron chi connectivity index (χ2n) is 6.06. The van der Waals surface area contributed by atoms with Gasteiger partial charge in [-0.1, -0.05) is 12.1 Å². The molecule has 134 valence electrons. The van der Waals surface area contributed by atoms with Crippen LogP contribution in [-0.4, -0.2) is 33.3 Å². The summed E-state index contributed by atoms with van der Waals surface area (Å²) in [5.74, 6) is -0.0611. The standard InChI is InChI=1S/C20H16N4O3/c1-13(25)23(2)15-7-5-14(6-8-15)17-9-10-21-20-16(12-22-24(17)20)19(26)18-4-3-11-27-18/h3-12H,1-2H3. The monoisotopic (exact) mass is 360 g/mol. The zero-order chi connectivity index (χ0) is 19.0. The molecule has 0 aliphatic rings. The number of ketones is 1. The van der Waals surface area contributed by atoms with E-state index in [9.17, 15) is 9.59 Å². The number of anilines is 1. The van der Waals surface area contributed by atoms with Gasteiger partial charge in [-0.15, -0.1) is 0 Å². The Balaban J connectivity index is 1.75. The summed E-state index contributed by atoms with van der Waals surface area (Å²) in [4.78, 5) is 30.0. The molecule has 0 N–H and O–H groups in total. The van der Waals surface area contributed by atoms with Crippen molar-refractivity contribution < 1.29 is 14.0 Å². The molecule has 4 aromatic rings. The van der Waals surface area contributed by atoms with E-state index in [-0.39, 0.29) is 17.5 Å². The zero-order valence-electron chi connectivity index (χ0n) is 14.8. The Bertz CT molecular complexity index is 1130. The minimum absolute atomic E-state index is 0.0396. The lowest BCUT2D eigenvalue weighted by atomic mass is 10.1. The first-order valence-electron chi connectivity index (χ1n) is 8.32. The molecule has 0 saturated carbocycles. The van der Waals surface area contributed by atoms with Gasteiger partial charge in [0, 0.05) is 31.4 Å². The van der Waals surface area contributed by atoms with E-state index in [1.807, 2.05) is 30.3 Å². The Labute approximate surface area is 154 Å². The van der Waals surface area contributed by atoms with Crippen LogP contribution in [-0.2, 0) is 4.79 Å². The normalized spacial score (nSPS) is 10.9. The fourth-order valence-corrected chi connectivity index (χ4v) is 2.85. The number of nitrogens with zero attached hydrogens (tertiary/aromatic N) is 4. The van der Waals surface area contributed by atoms with Crippen molar-refractivity contribution in [1.82, 2.24) is 14.6 Å². The van der Waals surface area contributed by atoms with Gasteiger partial charge in [0.25, 0.3) is 0 Å². The number of rotatable bonds is 4. The minimum Gasteiger partial charge on any atom is -0.461 e. The SMILES string of the molecule is CC(=O)N(C)c1ccc(-c2ccnc3c(C(=O)c4ccco4)cnn23)cc1. The lowest BCUT2D eigenvalue weighted by molar-refractivity contribution is -0.116. The van der Waals surface area contributed by atoms with Crippen LogP contribution in [0.4, 0.5) is 5.69 Å². The maximum absolute atomic E-state index is 12.6. The lowest BCUT2D eigenvalue weighted by Crippen LogP contribution is -2.22. The number of fused-ring (bicyclic) bond motifs is 1. The number of amides is 1. The van der Waals surface area contributed by atoms with Gasteiger partial charge in [0.15, 0.2) is 11.4 Å². The van der Waals surface area contributed by atoms with Gasteiger partial charge >= 0.3 is 0 Å². The van der Waals surface area contributed by atoms with Gasteiger partial charge in [0.1, 0.15) is 0 Å². The third-order valence-electron chi connectivity index (χ3n) is 4.41. The molecule has 0 unspecified atom stereocenters. The molecule has 27 heavy (non-hydrogen) atoms. The molecule has 0 aliphatic heterocycles. The summed E-state index contributed by atoms with van der Waals surface area (Å²) in [6, 6.07) is 12.6. The maximum atomic E-state index is 12.6. The molecule has 7 nitrogen and oxygen atoms in total. The van der Waals surface area contributed by atoms with Gasteiger partial charge in [-0.3, -0.25) is 9.59 Å². The first kappa shape index (κ1) is 16.7. The van der Waals surface area contributed by atoms with Gasteiger partial charge < -0.3 is 9.32 Å². The highest BCUT2D eigenvalue weighted by Gasteiger charge is 2.19. The van der Waals surface area contributed by atoms with Crippen molar-refractivity contribution in [3.63, 3.8) is 0 Å². The molecule has 1 amide bonds. The molecular weight excluding hydrogens is 344 g/mol. The Morgan fingerprint density at radius 2 is 1.89 bits per heavy atom. The first-order valence-corrected chi connectivity index (χ1v) is 8.32. The number of hydrogen-bond acceptors (Lipinski definition) is 5. The van der Waals surface area contributed by atoms with E-state index >= 15 is 0 Å². The summed E-state index contributed by atoms with van der Waals surface area (Å²) in [6.45, 7) is 1.52. The Kier molecular flexibility index (Phi) is 4.04. The van der Waals surface area contributed by atoms with Gasteiger partial charge in [-0.25, -0.2) is 9.50 Å². The molecule has 0 atom stereocenters. The van der Waals surface area contributed by atoms with Crippen molar-refractivity contribution >= 4 is 23.0 Å². The summed E-state index contributed by atoms with van der Waals surface area (Å²) in [5.41, 5.74) is 3.31. The van der Waals surface area contributed by atoms with E-state index in [1.54, 1.807) is 34.8 Å². The van der Waals surface area contributed by atoms with E-state index in [1.165, 1.54) is 19.4 Å². The molecule has 0 radical (unpaired) electrons. The molecule has 0 spiro atoms. The van der Waals surface area contributed by atoms with Gasteiger partial charge in [-0.05, 0) is 30.3 Å². The third-order valence-corrected chi connectivity index (χ3v) is 4.41. The van der Waals surface area contributed by atoms with Crippen LogP contribution < -0.4 is 4.90 Å². The van der Waals surface area contributed by atoms with E-state index in [2.05, 4.69) is 10.1 Å². The van der Waals surface area contributed by atoms with Crippen LogP contribution in [0.25, 0.3) is 16.9 Å². The maximum Gasteiger partial charge on any atom is 0.233 e. The summed E-state index contributed by atoms with van der Waals surface area (Å²) in [5, 5.41) is 4.34. The quantitative estimate of drug-likeness (QED) is 0.522. The van der Waals surface area contributed by atoms with E-state index in [0.717, 1.165) is 16.9 Å². The lowest BCUT2D eigenvalue weighted by Gasteiger charge is -2.15. The zero-order valence-corrected chi connectivity index (χ0v) is 14.8. The van der Waals surface area contributed by atoms with Crippen molar-refractivity contribution in [3.8, 4) is 11.3 Å². The highest BCUT2D eigenvalue weighted by Crippen LogP contribution is 2.24. The number of benzene rings is 1. The van der Waals surface area contributed by atoms with Crippen LogP contribution >= 0.6 is 0 Å². The molecule has 1 aromatic carbocycles. The average molecular weight is 360 g/mol. The van der Waals surface area contributed by atoms with Crippen molar-refractivity contribution in [2.45, 2.75) is 6.92 Å². The van der Waals surface area contributed by atoms with Crippen molar-refractivity contribution in [3.05, 3.63) is 72.4 Å². The molecule has 0 bridgehead atoms. The Morgan fingerprint density at radius 3 is 2.56 bits per heavy atom. The smallest absolute Gasteiger partial charge is 0.233 e. The van der Waals surface area contributed by atoms with Crippen LogP contribution in [0, 0.1) is 0 Å². The van der Waals surface area contributed by atoms with Crippen LogP contribution in [0.2, 0.25) is 0 Å². The molecule has 0 fully saturated rings. The molecule has 3 aromatic heterocycles. The topological polar surface area (TPSA) is 80.7 Å². The molecule has 3 heterocycles. The highest BCUT2D eigenvalue weighted by atomic mass is 16.3. The number of carbonyl (C=O) groups is 2. The Morgan fingerprint density at radius 1 is 1.11 bits per heavy atom. The number of carbonyl (C=O) groups excluding carboxylic acids is 2. The second kappa shape index (κ2) is 6.53. The molecule has 0 aliphatic carbocycles. The summed E-state index contributed by atoms with van der Waals surface area (Å²) in [7, 11) is 1.72. The predicted molar refractivity (Wildman–Crippen MR) is 99.6 cm³/mol. The highest BCUT2D eigenvalue weighted by molar-refractivity contribution is 6.10.